The summed E-state index contributed by atoms with van der Waals surface area (Å²) in [5.74, 6) is 1.32. The largest absolute Gasteiger partial charge is 0.455 e. The van der Waals surface area contributed by atoms with Gasteiger partial charge in [-0.05, 0) is 69.4 Å². The molecule has 33 heavy (non-hydrogen) atoms. The first kappa shape index (κ1) is 21.3. The molecule has 1 aliphatic carbocycles. The Labute approximate surface area is 193 Å². The summed E-state index contributed by atoms with van der Waals surface area (Å²) in [6, 6.07) is 9.66. The summed E-state index contributed by atoms with van der Waals surface area (Å²) in [7, 11) is 1.75. The van der Waals surface area contributed by atoms with Crippen molar-refractivity contribution >= 4 is 23.1 Å². The number of anilines is 1. The summed E-state index contributed by atoms with van der Waals surface area (Å²) in [4.78, 5) is 29.0. The zero-order chi connectivity index (χ0) is 23.1. The fourth-order valence-corrected chi connectivity index (χ4v) is 4.39. The number of carbonyl (C=O) groups excluding carboxylic acids is 2. The van der Waals surface area contributed by atoms with E-state index in [1.807, 2.05) is 36.1 Å². The number of urea groups is 1. The Morgan fingerprint density at radius 3 is 2.58 bits per heavy atom. The predicted molar refractivity (Wildman–Crippen MR) is 126 cm³/mol. The van der Waals surface area contributed by atoms with E-state index in [0.29, 0.717) is 23.1 Å². The lowest BCUT2D eigenvalue weighted by molar-refractivity contribution is 0.0747. The van der Waals surface area contributed by atoms with Gasteiger partial charge in [-0.3, -0.25) is 9.69 Å². The van der Waals surface area contributed by atoms with Gasteiger partial charge in [0.2, 0.25) is 0 Å². The van der Waals surface area contributed by atoms with E-state index in [1.54, 1.807) is 34.9 Å². The second kappa shape index (κ2) is 8.42. The number of likely N-dealkylation sites (tertiary alicyclic amines) is 1. The third-order valence-corrected chi connectivity index (χ3v) is 6.60. The molecular formula is C25H29N5O3. The van der Waals surface area contributed by atoms with Crippen LogP contribution in [0.4, 0.5) is 10.5 Å². The van der Waals surface area contributed by atoms with Gasteiger partial charge in [0, 0.05) is 43.6 Å². The predicted octanol–water partition coefficient (Wildman–Crippen LogP) is 4.37. The summed E-state index contributed by atoms with van der Waals surface area (Å²) in [5, 5.41) is 7.38. The van der Waals surface area contributed by atoms with Crippen molar-refractivity contribution in [3.8, 4) is 11.5 Å². The van der Waals surface area contributed by atoms with Crippen LogP contribution in [-0.2, 0) is 0 Å². The fraction of sp³-hybridized carbons (Fsp3) is 0.400. The Morgan fingerprint density at radius 2 is 1.91 bits per heavy atom. The van der Waals surface area contributed by atoms with Gasteiger partial charge in [0.1, 0.15) is 11.3 Å². The fourth-order valence-electron chi connectivity index (χ4n) is 4.39. The van der Waals surface area contributed by atoms with E-state index in [0.717, 1.165) is 49.0 Å². The van der Waals surface area contributed by atoms with Crippen LogP contribution >= 0.6 is 0 Å². The molecule has 0 bridgehead atoms. The van der Waals surface area contributed by atoms with Crippen LogP contribution in [0, 0.1) is 6.92 Å². The number of benzene rings is 1. The van der Waals surface area contributed by atoms with Crippen LogP contribution in [0.25, 0.3) is 5.52 Å². The smallest absolute Gasteiger partial charge is 0.321 e. The monoisotopic (exact) mass is 447 g/mol. The molecular weight excluding hydrogens is 418 g/mol. The van der Waals surface area contributed by atoms with Crippen molar-refractivity contribution < 1.29 is 14.3 Å². The number of aryl methyl sites for hydroxylation is 1. The molecule has 0 spiro atoms. The highest BCUT2D eigenvalue weighted by Crippen LogP contribution is 2.32. The summed E-state index contributed by atoms with van der Waals surface area (Å²) in [6.45, 7) is 4.83. The van der Waals surface area contributed by atoms with Gasteiger partial charge in [-0.25, -0.2) is 9.31 Å². The highest BCUT2D eigenvalue weighted by Gasteiger charge is 2.29. The topological polar surface area (TPSA) is 79.2 Å². The van der Waals surface area contributed by atoms with Gasteiger partial charge in [0.15, 0.2) is 5.75 Å². The lowest BCUT2D eigenvalue weighted by Gasteiger charge is -2.21. The third kappa shape index (κ3) is 4.13. The van der Waals surface area contributed by atoms with Gasteiger partial charge >= 0.3 is 6.03 Å². The quantitative estimate of drug-likeness (QED) is 0.630. The third-order valence-electron chi connectivity index (χ3n) is 6.60. The molecule has 0 radical (unpaired) electrons. The highest BCUT2D eigenvalue weighted by molar-refractivity contribution is 5.98. The summed E-state index contributed by atoms with van der Waals surface area (Å²) in [6.07, 6.45) is 7.64. The molecule has 8 nitrogen and oxygen atoms in total. The molecule has 3 aromatic rings. The van der Waals surface area contributed by atoms with Crippen LogP contribution in [0.1, 0.15) is 48.5 Å². The average molecular weight is 448 g/mol. The van der Waals surface area contributed by atoms with E-state index in [9.17, 15) is 9.59 Å². The standard InChI is InChI=1S/C25H29N5O3/c1-16-5-4-14-29(16)24(31)21-15-30-23(17(21)2)22(12-13-26-30)33-20-10-8-19(9-11-20)28(3)25(32)27-18-6-7-18/h8-13,15-16,18H,4-7,14H2,1-3H3,(H,27,32). The molecule has 2 aliphatic rings. The molecule has 5 rings (SSSR count). The molecule has 1 saturated carbocycles. The number of nitrogens with one attached hydrogen (secondary N) is 1. The molecule has 1 aliphatic heterocycles. The molecule has 1 saturated heterocycles. The summed E-state index contributed by atoms with van der Waals surface area (Å²) >= 11 is 0. The minimum Gasteiger partial charge on any atom is -0.455 e. The molecule has 1 aromatic carbocycles. The maximum Gasteiger partial charge on any atom is 0.321 e. The molecule has 172 valence electrons. The summed E-state index contributed by atoms with van der Waals surface area (Å²) < 4.78 is 7.89. The van der Waals surface area contributed by atoms with Crippen LogP contribution in [0.15, 0.2) is 42.7 Å². The van der Waals surface area contributed by atoms with E-state index in [-0.39, 0.29) is 18.0 Å². The Morgan fingerprint density at radius 1 is 1.15 bits per heavy atom. The van der Waals surface area contributed by atoms with Crippen molar-refractivity contribution in [2.24, 2.45) is 0 Å². The van der Waals surface area contributed by atoms with Crippen molar-refractivity contribution in [3.63, 3.8) is 0 Å². The maximum absolute atomic E-state index is 13.2. The van der Waals surface area contributed by atoms with Gasteiger partial charge in [-0.15, -0.1) is 0 Å². The van der Waals surface area contributed by atoms with Gasteiger partial charge in [-0.2, -0.15) is 5.10 Å². The zero-order valence-electron chi connectivity index (χ0n) is 19.2. The minimum absolute atomic E-state index is 0.0471. The first-order chi connectivity index (χ1) is 15.9. The Balaban J connectivity index is 1.37. The van der Waals surface area contributed by atoms with E-state index < -0.39 is 0 Å². The number of carbonyl (C=O) groups is 2. The number of aromatic nitrogens is 2. The molecule has 1 atom stereocenters. The van der Waals surface area contributed by atoms with Crippen molar-refractivity contribution in [2.75, 3.05) is 18.5 Å². The van der Waals surface area contributed by atoms with Gasteiger partial charge in [0.25, 0.3) is 5.91 Å². The zero-order valence-corrected chi connectivity index (χ0v) is 19.2. The van der Waals surface area contributed by atoms with Crippen LogP contribution in [0.3, 0.4) is 0 Å². The van der Waals surface area contributed by atoms with Crippen LogP contribution < -0.4 is 15.0 Å². The van der Waals surface area contributed by atoms with Crippen molar-refractivity contribution in [1.29, 1.82) is 0 Å². The van der Waals surface area contributed by atoms with E-state index in [2.05, 4.69) is 17.3 Å². The lowest BCUT2D eigenvalue weighted by atomic mass is 10.1. The van der Waals surface area contributed by atoms with Crippen molar-refractivity contribution in [3.05, 3.63) is 53.9 Å². The number of ether oxygens (including phenoxy) is 1. The van der Waals surface area contributed by atoms with Crippen molar-refractivity contribution in [2.45, 2.75) is 51.6 Å². The second-order valence-corrected chi connectivity index (χ2v) is 9.02. The number of rotatable bonds is 5. The van der Waals surface area contributed by atoms with Crippen LogP contribution in [0.5, 0.6) is 11.5 Å². The van der Waals surface area contributed by atoms with E-state index >= 15 is 0 Å². The lowest BCUT2D eigenvalue weighted by Crippen LogP contribution is -2.38. The Hall–Kier alpha value is -3.55. The number of nitrogens with zero attached hydrogens (tertiary/aromatic N) is 4. The van der Waals surface area contributed by atoms with E-state index in [1.165, 1.54) is 0 Å². The first-order valence-corrected chi connectivity index (χ1v) is 11.5. The second-order valence-electron chi connectivity index (χ2n) is 9.02. The molecule has 3 heterocycles. The number of amides is 3. The van der Waals surface area contributed by atoms with E-state index in [4.69, 9.17) is 4.74 Å². The van der Waals surface area contributed by atoms with Gasteiger partial charge in [0.05, 0.1) is 11.8 Å². The normalized spacial score (nSPS) is 17.9. The van der Waals surface area contributed by atoms with Crippen LogP contribution in [-0.4, -0.2) is 52.1 Å². The van der Waals surface area contributed by atoms with Crippen molar-refractivity contribution in [1.82, 2.24) is 19.8 Å². The number of fused-ring (bicyclic) bond motifs is 1. The Bertz CT molecular complexity index is 1200. The van der Waals surface area contributed by atoms with Gasteiger partial charge < -0.3 is 15.0 Å². The van der Waals surface area contributed by atoms with Gasteiger partial charge in [-0.1, -0.05) is 0 Å². The molecule has 2 aromatic heterocycles. The molecule has 1 unspecified atom stereocenters. The summed E-state index contributed by atoms with van der Waals surface area (Å²) in [5.41, 5.74) is 3.07. The Kier molecular flexibility index (Phi) is 5.44. The molecule has 2 fully saturated rings. The first-order valence-electron chi connectivity index (χ1n) is 11.5. The van der Waals surface area contributed by atoms with Crippen LogP contribution in [0.2, 0.25) is 0 Å². The minimum atomic E-state index is -0.102. The number of hydrogen-bond acceptors (Lipinski definition) is 4. The highest BCUT2D eigenvalue weighted by atomic mass is 16.5. The number of hydrogen-bond donors (Lipinski definition) is 1. The molecule has 1 N–H and O–H groups in total. The maximum atomic E-state index is 13.2. The SMILES string of the molecule is Cc1c(C(=O)N2CCCC2C)cn2nccc(Oc3ccc(N(C)C(=O)NC4CC4)cc3)c12. The molecule has 3 amide bonds. The molecule has 8 heteroatoms. The average Bonchev–Trinajstić information content (AvgIpc) is 3.42.